The van der Waals surface area contributed by atoms with Gasteiger partial charge in [0.05, 0.1) is 0 Å². The molecule has 2 nitrogen and oxygen atoms in total. The minimum absolute atomic E-state index is 0.290. The molecule has 1 aromatic rings. The molecule has 0 aliphatic rings. The van der Waals surface area contributed by atoms with Crippen LogP contribution in [-0.2, 0) is 12.3 Å². The Kier molecular flexibility index (Phi) is 5.54. The van der Waals surface area contributed by atoms with E-state index in [0.29, 0.717) is 0 Å². The van der Waals surface area contributed by atoms with E-state index < -0.39 is 21.6 Å². The molecule has 0 amide bonds. The molecule has 0 atom stereocenters. The van der Waals surface area contributed by atoms with Gasteiger partial charge in [0.1, 0.15) is 0 Å². The summed E-state index contributed by atoms with van der Waals surface area (Å²) in [6.45, 7) is 3.35. The minimum atomic E-state index is -1.05. The average Bonchev–Trinajstić information content (AvgIpc) is 2.21. The molecule has 0 saturated carbocycles. The molecule has 1 rings (SSSR count). The van der Waals surface area contributed by atoms with Crippen LogP contribution in [0.15, 0.2) is 36.9 Å². The molecule has 0 N–H and O–H groups in total. The van der Waals surface area contributed by atoms with Crippen LogP contribution in [-0.4, -0.2) is 27.5 Å². The van der Waals surface area contributed by atoms with Crippen LogP contribution in [0.5, 0.6) is 0 Å². The van der Waals surface area contributed by atoms with E-state index in [1.807, 2.05) is 0 Å². The molecule has 14 heavy (non-hydrogen) atoms. The quantitative estimate of drug-likeness (QED) is 0.435. The first-order valence-corrected chi connectivity index (χ1v) is 8.29. The Bertz CT molecular complexity index is 321. The average molecular weight is 407 g/mol. The Balaban J connectivity index is 2.35. The monoisotopic (exact) mass is 408 g/mol. The Hall–Kier alpha value is -0.0413. The standard InChI is InChI=1S/C7H6I.C3H4O2.Sn/c1-6-2-4-7(8)5-3-6;1-2-3(4)5;/h2-5H,1H2;2H,1H2,(H,4,5);/q;;+1/p-1. The fourth-order valence-electron chi connectivity index (χ4n) is 0.834. The van der Waals surface area contributed by atoms with Crippen molar-refractivity contribution in [3.05, 3.63) is 46.1 Å². The van der Waals surface area contributed by atoms with E-state index in [2.05, 4.69) is 53.4 Å². The molecule has 0 bridgehead atoms. The van der Waals surface area contributed by atoms with Gasteiger partial charge in [-0.15, -0.1) is 0 Å². The summed E-state index contributed by atoms with van der Waals surface area (Å²) in [4.78, 5) is 10.8. The fourth-order valence-corrected chi connectivity index (χ4v) is 3.19. The Labute approximate surface area is 108 Å². The molecule has 4 heteroatoms. The fraction of sp³-hybridized carbons (Fsp3) is 0.100. The van der Waals surface area contributed by atoms with Gasteiger partial charge in [-0.3, -0.25) is 0 Å². The third-order valence-corrected chi connectivity index (χ3v) is 4.81. The second-order valence-electron chi connectivity index (χ2n) is 2.57. The van der Waals surface area contributed by atoms with Gasteiger partial charge in [-0.2, -0.15) is 0 Å². The first kappa shape index (κ1) is 12.0. The predicted molar refractivity (Wildman–Crippen MR) is 64.9 cm³/mol. The summed E-state index contributed by atoms with van der Waals surface area (Å²) in [7, 11) is 0. The number of benzene rings is 1. The molecule has 72 valence electrons. The van der Waals surface area contributed by atoms with Gasteiger partial charge in [0.2, 0.25) is 0 Å². The summed E-state index contributed by atoms with van der Waals surface area (Å²) >= 11 is 1.22. The van der Waals surface area contributed by atoms with E-state index in [9.17, 15) is 4.79 Å². The van der Waals surface area contributed by atoms with Gasteiger partial charge in [-0.25, -0.2) is 0 Å². The van der Waals surface area contributed by atoms with Crippen molar-refractivity contribution in [3.8, 4) is 0 Å². The number of rotatable bonds is 4. The molecular formula is C10H9IO2Sn. The van der Waals surface area contributed by atoms with Gasteiger partial charge in [-0.1, -0.05) is 0 Å². The summed E-state index contributed by atoms with van der Waals surface area (Å²) in [5, 5.41) is 0. The second-order valence-corrected chi connectivity index (χ2v) is 6.23. The molecule has 1 aromatic carbocycles. The van der Waals surface area contributed by atoms with Crippen molar-refractivity contribution in [3.63, 3.8) is 0 Å². The van der Waals surface area contributed by atoms with Crippen molar-refractivity contribution in [1.29, 1.82) is 0 Å². The van der Waals surface area contributed by atoms with Crippen molar-refractivity contribution in [2.45, 2.75) is 4.44 Å². The Morgan fingerprint density at radius 3 is 2.71 bits per heavy atom. The van der Waals surface area contributed by atoms with Gasteiger partial charge >= 0.3 is 108 Å². The van der Waals surface area contributed by atoms with Crippen molar-refractivity contribution < 1.29 is 7.87 Å². The number of halogens is 1. The summed E-state index contributed by atoms with van der Waals surface area (Å²) in [6.07, 6.45) is 1.22. The summed E-state index contributed by atoms with van der Waals surface area (Å²) in [5.41, 5.74) is 1.24. The maximum absolute atomic E-state index is 10.8. The predicted octanol–water partition coefficient (Wildman–Crippen LogP) is 2.14. The van der Waals surface area contributed by atoms with Gasteiger partial charge in [0.25, 0.3) is 0 Å². The zero-order valence-corrected chi connectivity index (χ0v) is 12.5. The SMILES string of the molecule is C=CC(=O)[O][Sn][CH2]c1ccc(I)cc1. The van der Waals surface area contributed by atoms with Gasteiger partial charge in [0.15, 0.2) is 0 Å². The summed E-state index contributed by atoms with van der Waals surface area (Å²) in [5.74, 6) is -0.290. The number of carbonyl (C=O) groups excluding carboxylic acids is 1. The first-order valence-electron chi connectivity index (χ1n) is 4.03. The summed E-state index contributed by atoms with van der Waals surface area (Å²) < 4.78 is 7.18. The van der Waals surface area contributed by atoms with E-state index in [4.69, 9.17) is 3.07 Å². The van der Waals surface area contributed by atoms with Crippen LogP contribution in [0.2, 0.25) is 0 Å². The number of hydrogen-bond acceptors (Lipinski definition) is 2. The van der Waals surface area contributed by atoms with Crippen LogP contribution in [0.3, 0.4) is 0 Å². The van der Waals surface area contributed by atoms with Crippen LogP contribution < -0.4 is 0 Å². The van der Waals surface area contributed by atoms with E-state index in [0.717, 1.165) is 4.44 Å². The molecule has 0 aliphatic carbocycles. The van der Waals surface area contributed by atoms with Gasteiger partial charge in [-0.05, 0) is 0 Å². The van der Waals surface area contributed by atoms with E-state index in [1.165, 1.54) is 15.2 Å². The normalized spacial score (nSPS) is 9.50. The molecule has 0 heterocycles. The van der Waals surface area contributed by atoms with Crippen LogP contribution in [0.1, 0.15) is 5.56 Å². The number of carbonyl (C=O) groups is 1. The van der Waals surface area contributed by atoms with Crippen molar-refractivity contribution in [2.24, 2.45) is 0 Å². The van der Waals surface area contributed by atoms with Crippen LogP contribution in [0.4, 0.5) is 0 Å². The number of hydrogen-bond donors (Lipinski definition) is 0. The topological polar surface area (TPSA) is 26.3 Å². The zero-order chi connectivity index (χ0) is 10.4. The second kappa shape index (κ2) is 6.44. The molecule has 0 aliphatic heterocycles. The van der Waals surface area contributed by atoms with Crippen molar-refractivity contribution in [1.82, 2.24) is 0 Å². The molecule has 0 spiro atoms. The first-order chi connectivity index (χ1) is 6.72. The molecule has 0 unspecified atom stereocenters. The van der Waals surface area contributed by atoms with E-state index in [-0.39, 0.29) is 5.97 Å². The third-order valence-electron chi connectivity index (χ3n) is 1.53. The van der Waals surface area contributed by atoms with Crippen LogP contribution in [0, 0.1) is 3.57 Å². The zero-order valence-electron chi connectivity index (χ0n) is 7.50. The Morgan fingerprint density at radius 2 is 2.14 bits per heavy atom. The maximum atomic E-state index is 10.8. The summed E-state index contributed by atoms with van der Waals surface area (Å²) in [6, 6.07) is 8.27. The van der Waals surface area contributed by atoms with Crippen LogP contribution >= 0.6 is 22.6 Å². The van der Waals surface area contributed by atoms with Crippen molar-refractivity contribution in [2.75, 3.05) is 0 Å². The van der Waals surface area contributed by atoms with Crippen LogP contribution in [0.25, 0.3) is 0 Å². The van der Waals surface area contributed by atoms with E-state index >= 15 is 0 Å². The van der Waals surface area contributed by atoms with Gasteiger partial charge in [0, 0.05) is 0 Å². The van der Waals surface area contributed by atoms with Gasteiger partial charge < -0.3 is 0 Å². The molecule has 0 saturated heterocycles. The Morgan fingerprint density at radius 1 is 1.50 bits per heavy atom. The van der Waals surface area contributed by atoms with Crippen molar-refractivity contribution >= 4 is 50.1 Å². The molecule has 0 aromatic heterocycles. The van der Waals surface area contributed by atoms with E-state index in [1.54, 1.807) is 0 Å². The molecule has 2 radical (unpaired) electrons. The molecular weight excluding hydrogens is 398 g/mol. The molecule has 0 fully saturated rings. The third kappa shape index (κ3) is 4.45.